The Bertz CT molecular complexity index is 1300. The zero-order valence-electron chi connectivity index (χ0n) is 18.8. The van der Waals surface area contributed by atoms with Gasteiger partial charge in [-0.25, -0.2) is 15.0 Å². The highest BCUT2D eigenvalue weighted by atomic mass is 19.4. The van der Waals surface area contributed by atoms with Gasteiger partial charge in [0.05, 0.1) is 11.7 Å². The maximum absolute atomic E-state index is 12.8. The highest BCUT2D eigenvalue weighted by Gasteiger charge is 2.32. The number of benzene rings is 1. The number of pyridine rings is 1. The lowest BCUT2D eigenvalue weighted by Crippen LogP contribution is -2.28. The molecule has 1 aromatic carbocycles. The van der Waals surface area contributed by atoms with Crippen LogP contribution in [0.3, 0.4) is 0 Å². The molecule has 1 amide bonds. The number of alkyl halides is 3. The molecule has 0 saturated carbocycles. The number of nitrogens with zero attached hydrogens (tertiary/aromatic N) is 6. The number of halogens is 3. The van der Waals surface area contributed by atoms with E-state index in [-0.39, 0.29) is 11.4 Å². The Hall–Kier alpha value is -3.82. The van der Waals surface area contributed by atoms with Crippen LogP contribution in [-0.2, 0) is 13.2 Å². The number of hydrogen-bond donors (Lipinski definition) is 0. The van der Waals surface area contributed by atoms with Crippen molar-refractivity contribution in [2.45, 2.75) is 26.9 Å². The molecule has 33 heavy (non-hydrogen) atoms. The number of fused-ring (bicyclic) bond motifs is 1. The first-order valence-electron chi connectivity index (χ1n) is 10.2. The van der Waals surface area contributed by atoms with E-state index in [9.17, 15) is 18.0 Å². The average Bonchev–Trinajstić information content (AvgIpc) is 3.23. The lowest BCUT2D eigenvalue weighted by atomic mass is 10.1. The van der Waals surface area contributed by atoms with Gasteiger partial charge in [-0.1, -0.05) is 13.8 Å². The Kier molecular flexibility index (Phi) is 6.75. The third-order valence-electron chi connectivity index (χ3n) is 4.89. The van der Waals surface area contributed by atoms with Gasteiger partial charge in [-0.15, -0.1) is 0 Å². The van der Waals surface area contributed by atoms with Crippen LogP contribution in [0, 0.1) is 6.92 Å². The van der Waals surface area contributed by atoms with E-state index in [2.05, 4.69) is 20.1 Å². The molecule has 0 aliphatic rings. The van der Waals surface area contributed by atoms with Crippen molar-refractivity contribution in [3.05, 3.63) is 65.7 Å². The highest BCUT2D eigenvalue weighted by molar-refractivity contribution is 6.05. The number of rotatable bonds is 3. The van der Waals surface area contributed by atoms with Gasteiger partial charge >= 0.3 is 6.18 Å². The summed E-state index contributed by atoms with van der Waals surface area (Å²) in [7, 11) is 3.37. The molecule has 0 aliphatic carbocycles. The Balaban J connectivity index is 0.00000149. The summed E-state index contributed by atoms with van der Waals surface area (Å²) in [5.41, 5.74) is 2.02. The standard InChI is InChI=1S/C21H17F3N6O.C2H6/c1-12-10-13(4-6-16(12)29(2)20(31)17-8-9-26-30(17)3)19-25-11-15-14(28-19)5-7-18(27-15)21(22,23)24;1-2/h4-11H,1-3H3;1-2H3. The number of anilines is 1. The summed E-state index contributed by atoms with van der Waals surface area (Å²) in [6.45, 7) is 5.85. The van der Waals surface area contributed by atoms with Crippen LogP contribution in [0.2, 0.25) is 0 Å². The molecular weight excluding hydrogens is 433 g/mol. The minimum Gasteiger partial charge on any atom is -0.310 e. The van der Waals surface area contributed by atoms with Gasteiger partial charge in [0.15, 0.2) is 5.82 Å². The number of aryl methyl sites for hydroxylation is 2. The second-order valence-corrected chi connectivity index (χ2v) is 7.00. The molecule has 0 fully saturated rings. The Morgan fingerprint density at radius 1 is 1.03 bits per heavy atom. The summed E-state index contributed by atoms with van der Waals surface area (Å²) >= 11 is 0. The fourth-order valence-corrected chi connectivity index (χ4v) is 3.26. The predicted molar refractivity (Wildman–Crippen MR) is 120 cm³/mol. The van der Waals surface area contributed by atoms with Crippen molar-refractivity contribution in [2.24, 2.45) is 7.05 Å². The normalized spacial score (nSPS) is 11.2. The molecule has 3 aromatic heterocycles. The molecule has 172 valence electrons. The lowest BCUT2D eigenvalue weighted by molar-refractivity contribution is -0.140. The van der Waals surface area contributed by atoms with Crippen LogP contribution < -0.4 is 4.90 Å². The maximum atomic E-state index is 12.8. The van der Waals surface area contributed by atoms with Gasteiger partial charge in [0, 0.05) is 31.5 Å². The number of aromatic nitrogens is 5. The minimum absolute atomic E-state index is 0.0634. The van der Waals surface area contributed by atoms with Crippen molar-refractivity contribution < 1.29 is 18.0 Å². The third kappa shape index (κ3) is 4.84. The molecule has 10 heteroatoms. The van der Waals surface area contributed by atoms with Crippen LogP contribution in [-0.4, -0.2) is 37.7 Å². The molecule has 0 bridgehead atoms. The zero-order valence-corrected chi connectivity index (χ0v) is 18.8. The summed E-state index contributed by atoms with van der Waals surface area (Å²) < 4.78 is 40.0. The van der Waals surface area contributed by atoms with E-state index < -0.39 is 11.9 Å². The van der Waals surface area contributed by atoms with Crippen molar-refractivity contribution in [1.29, 1.82) is 0 Å². The Morgan fingerprint density at radius 3 is 2.36 bits per heavy atom. The van der Waals surface area contributed by atoms with Gasteiger partial charge in [0.1, 0.15) is 16.9 Å². The Morgan fingerprint density at radius 2 is 1.76 bits per heavy atom. The summed E-state index contributed by atoms with van der Waals surface area (Å²) in [5, 5.41) is 4.02. The van der Waals surface area contributed by atoms with E-state index in [0.29, 0.717) is 28.3 Å². The van der Waals surface area contributed by atoms with Crippen molar-refractivity contribution in [3.8, 4) is 11.4 Å². The van der Waals surface area contributed by atoms with E-state index in [1.165, 1.54) is 21.8 Å². The van der Waals surface area contributed by atoms with Crippen LogP contribution in [0.1, 0.15) is 35.6 Å². The van der Waals surface area contributed by atoms with Crippen molar-refractivity contribution in [2.75, 3.05) is 11.9 Å². The average molecular weight is 456 g/mol. The quantitative estimate of drug-likeness (QED) is 0.431. The molecule has 4 aromatic rings. The molecule has 0 unspecified atom stereocenters. The van der Waals surface area contributed by atoms with Gasteiger partial charge in [-0.2, -0.15) is 18.3 Å². The van der Waals surface area contributed by atoms with Crippen molar-refractivity contribution in [3.63, 3.8) is 0 Å². The maximum Gasteiger partial charge on any atom is 0.433 e. The van der Waals surface area contributed by atoms with Gasteiger partial charge in [0.25, 0.3) is 5.91 Å². The van der Waals surface area contributed by atoms with E-state index in [4.69, 9.17) is 0 Å². The lowest BCUT2D eigenvalue weighted by Gasteiger charge is -2.20. The van der Waals surface area contributed by atoms with Crippen LogP contribution in [0.15, 0.2) is 48.8 Å². The highest BCUT2D eigenvalue weighted by Crippen LogP contribution is 2.30. The number of amides is 1. The van der Waals surface area contributed by atoms with Crippen LogP contribution >= 0.6 is 0 Å². The van der Waals surface area contributed by atoms with Gasteiger partial charge in [-0.05, 0) is 48.9 Å². The van der Waals surface area contributed by atoms with Gasteiger partial charge in [-0.3, -0.25) is 9.48 Å². The van der Waals surface area contributed by atoms with E-state index in [0.717, 1.165) is 11.6 Å². The largest absolute Gasteiger partial charge is 0.433 e. The number of hydrogen-bond acceptors (Lipinski definition) is 5. The summed E-state index contributed by atoms with van der Waals surface area (Å²) in [4.78, 5) is 26.4. The first-order chi connectivity index (χ1) is 15.6. The van der Waals surface area contributed by atoms with Crippen molar-refractivity contribution in [1.82, 2.24) is 24.7 Å². The number of carbonyl (C=O) groups is 1. The van der Waals surface area contributed by atoms with Crippen LogP contribution in [0.4, 0.5) is 18.9 Å². The van der Waals surface area contributed by atoms with Crippen molar-refractivity contribution >= 4 is 22.6 Å². The van der Waals surface area contributed by atoms with Gasteiger partial charge < -0.3 is 4.90 Å². The fraction of sp³-hybridized carbons (Fsp3) is 0.261. The SMILES string of the molecule is CC.Cc1cc(-c2ncc3nc(C(F)(F)F)ccc3n2)ccc1N(C)C(=O)c1ccnn1C. The first-order valence-corrected chi connectivity index (χ1v) is 10.2. The summed E-state index contributed by atoms with van der Waals surface area (Å²) in [6, 6.07) is 9.17. The molecule has 0 spiro atoms. The molecule has 0 radical (unpaired) electrons. The Labute approximate surface area is 188 Å². The minimum atomic E-state index is -4.53. The molecular formula is C23H23F3N6O. The second-order valence-electron chi connectivity index (χ2n) is 7.00. The molecule has 0 aliphatic heterocycles. The molecule has 7 nitrogen and oxygen atoms in total. The van der Waals surface area contributed by atoms with Gasteiger partial charge in [0.2, 0.25) is 0 Å². The molecule has 0 saturated heterocycles. The van der Waals surface area contributed by atoms with E-state index >= 15 is 0 Å². The smallest absolute Gasteiger partial charge is 0.310 e. The first kappa shape index (κ1) is 23.8. The van der Waals surface area contributed by atoms with Crippen LogP contribution in [0.5, 0.6) is 0 Å². The second kappa shape index (κ2) is 9.35. The zero-order chi connectivity index (χ0) is 24.3. The third-order valence-corrected chi connectivity index (χ3v) is 4.89. The number of carbonyl (C=O) groups excluding carboxylic acids is 1. The van der Waals surface area contributed by atoms with E-state index in [1.54, 1.807) is 38.5 Å². The predicted octanol–water partition coefficient (Wildman–Crippen LogP) is 5.06. The van der Waals surface area contributed by atoms with Crippen LogP contribution in [0.25, 0.3) is 22.4 Å². The van der Waals surface area contributed by atoms with E-state index in [1.807, 2.05) is 26.8 Å². The molecule has 0 atom stereocenters. The summed E-state index contributed by atoms with van der Waals surface area (Å²) in [6.07, 6.45) is -1.70. The molecule has 0 N–H and O–H groups in total. The molecule has 4 rings (SSSR count). The topological polar surface area (TPSA) is 76.8 Å². The summed E-state index contributed by atoms with van der Waals surface area (Å²) in [5.74, 6) is 0.147. The molecule has 3 heterocycles. The monoisotopic (exact) mass is 456 g/mol. The fourth-order valence-electron chi connectivity index (χ4n) is 3.26.